The van der Waals surface area contributed by atoms with E-state index >= 15 is 0 Å². The van der Waals surface area contributed by atoms with Crippen LogP contribution >= 0.6 is 35.6 Å². The SMILES string of the molecule is Cl.O=C1N[C@H](c2cc(Cl)cc(Cl)c2O)C(F)(F)CO1. The largest absolute Gasteiger partial charge is 0.506 e. The molecule has 1 aliphatic rings. The van der Waals surface area contributed by atoms with E-state index in [0.717, 1.165) is 6.07 Å². The molecule has 9 heteroatoms. The summed E-state index contributed by atoms with van der Waals surface area (Å²) in [5, 5.41) is 11.5. The fourth-order valence-electron chi connectivity index (χ4n) is 1.62. The van der Waals surface area contributed by atoms with Crippen LogP contribution in [0.2, 0.25) is 10.0 Å². The molecule has 2 rings (SSSR count). The van der Waals surface area contributed by atoms with Gasteiger partial charge in [0.2, 0.25) is 0 Å². The first-order valence-electron chi connectivity index (χ1n) is 4.80. The van der Waals surface area contributed by atoms with Gasteiger partial charge in [0.1, 0.15) is 11.8 Å². The van der Waals surface area contributed by atoms with E-state index in [1.54, 1.807) is 0 Å². The molecule has 0 aliphatic carbocycles. The number of cyclic esters (lactones) is 1. The van der Waals surface area contributed by atoms with Crippen molar-refractivity contribution in [2.45, 2.75) is 12.0 Å². The molecule has 2 N–H and O–H groups in total. The van der Waals surface area contributed by atoms with E-state index in [-0.39, 0.29) is 28.0 Å². The lowest BCUT2D eigenvalue weighted by atomic mass is 9.99. The lowest BCUT2D eigenvalue weighted by Crippen LogP contribution is -2.49. The summed E-state index contributed by atoms with van der Waals surface area (Å²) in [6.07, 6.45) is -0.999. The maximum absolute atomic E-state index is 13.6. The topological polar surface area (TPSA) is 58.6 Å². The van der Waals surface area contributed by atoms with Gasteiger partial charge in [-0.15, -0.1) is 12.4 Å². The number of phenolic OH excluding ortho intramolecular Hbond substituents is 1. The van der Waals surface area contributed by atoms with Gasteiger partial charge in [0.25, 0.3) is 0 Å². The average molecular weight is 335 g/mol. The van der Waals surface area contributed by atoms with Crippen molar-refractivity contribution >= 4 is 41.7 Å². The Bertz CT molecular complexity index is 513. The monoisotopic (exact) mass is 333 g/mol. The molecule has 4 nitrogen and oxygen atoms in total. The van der Waals surface area contributed by atoms with Gasteiger partial charge >= 0.3 is 12.0 Å². The number of hydrogen-bond acceptors (Lipinski definition) is 3. The maximum atomic E-state index is 13.6. The van der Waals surface area contributed by atoms with Gasteiger partial charge < -0.3 is 15.2 Å². The van der Waals surface area contributed by atoms with Gasteiger partial charge in [0.15, 0.2) is 6.61 Å². The minimum atomic E-state index is -3.38. The van der Waals surface area contributed by atoms with E-state index in [4.69, 9.17) is 23.2 Å². The molecule has 0 saturated carbocycles. The third-order valence-corrected chi connectivity index (χ3v) is 2.96. The fourth-order valence-corrected chi connectivity index (χ4v) is 2.13. The summed E-state index contributed by atoms with van der Waals surface area (Å²) in [4.78, 5) is 11.0. The van der Waals surface area contributed by atoms with Gasteiger partial charge in [-0.05, 0) is 12.1 Å². The Morgan fingerprint density at radius 3 is 2.68 bits per heavy atom. The van der Waals surface area contributed by atoms with Gasteiger partial charge in [-0.3, -0.25) is 0 Å². The van der Waals surface area contributed by atoms with Crippen molar-refractivity contribution in [3.63, 3.8) is 0 Å². The Morgan fingerprint density at radius 1 is 1.42 bits per heavy atom. The molecule has 1 aromatic rings. The number of nitrogens with one attached hydrogen (secondary N) is 1. The van der Waals surface area contributed by atoms with Crippen molar-refractivity contribution < 1.29 is 23.4 Å². The predicted octanol–water partition coefficient (Wildman–Crippen LogP) is 3.54. The van der Waals surface area contributed by atoms with Gasteiger partial charge in [-0.25, -0.2) is 13.6 Å². The highest BCUT2D eigenvalue weighted by atomic mass is 35.5. The van der Waals surface area contributed by atoms with Crippen molar-refractivity contribution in [2.75, 3.05) is 6.61 Å². The number of hydrogen-bond donors (Lipinski definition) is 2. The number of aromatic hydroxyl groups is 1. The van der Waals surface area contributed by atoms with Gasteiger partial charge in [-0.2, -0.15) is 0 Å². The van der Waals surface area contributed by atoms with E-state index < -0.39 is 30.4 Å². The van der Waals surface area contributed by atoms with Gasteiger partial charge in [0.05, 0.1) is 5.02 Å². The van der Waals surface area contributed by atoms with Crippen LogP contribution in [0.25, 0.3) is 0 Å². The predicted molar refractivity (Wildman–Crippen MR) is 67.5 cm³/mol. The standard InChI is InChI=1S/C10H7Cl2F2NO3.ClH/c11-4-1-5(7(16)6(12)2-4)8-10(13,14)3-18-9(17)15-8;/h1-2,8,16H,3H2,(H,15,17);1H/t8-;/m1./s1. The molecular weight excluding hydrogens is 326 g/mol. The van der Waals surface area contributed by atoms with Crippen LogP contribution in [0.1, 0.15) is 11.6 Å². The Balaban J connectivity index is 0.00000180. The van der Waals surface area contributed by atoms with Crippen LogP contribution in [-0.4, -0.2) is 23.7 Å². The summed E-state index contributed by atoms with van der Waals surface area (Å²) in [7, 11) is 0. The molecule has 0 aromatic heterocycles. The van der Waals surface area contributed by atoms with E-state index in [1.165, 1.54) is 6.07 Å². The zero-order valence-corrected chi connectivity index (χ0v) is 11.5. The van der Waals surface area contributed by atoms with Crippen molar-refractivity contribution in [1.29, 1.82) is 0 Å². The second-order valence-electron chi connectivity index (χ2n) is 3.74. The number of ether oxygens (including phenoxy) is 1. The normalized spacial score (nSPS) is 21.1. The van der Waals surface area contributed by atoms with Crippen LogP contribution in [-0.2, 0) is 4.74 Å². The van der Waals surface area contributed by atoms with Crippen LogP contribution in [0.4, 0.5) is 13.6 Å². The van der Waals surface area contributed by atoms with Gasteiger partial charge in [0, 0.05) is 10.6 Å². The summed E-state index contributed by atoms with van der Waals surface area (Å²) in [5.74, 6) is -3.92. The average Bonchev–Trinajstić information content (AvgIpc) is 2.27. The minimum Gasteiger partial charge on any atom is -0.506 e. The molecule has 1 atom stereocenters. The second kappa shape index (κ2) is 5.56. The highest BCUT2D eigenvalue weighted by Crippen LogP contribution is 2.42. The summed E-state index contributed by atoms with van der Waals surface area (Å²) < 4.78 is 31.5. The van der Waals surface area contributed by atoms with Gasteiger partial charge in [-0.1, -0.05) is 23.2 Å². The molecule has 0 unspecified atom stereocenters. The number of halogens is 5. The first-order valence-corrected chi connectivity index (χ1v) is 5.56. The highest BCUT2D eigenvalue weighted by molar-refractivity contribution is 6.35. The number of alkyl carbamates (subject to hydrolysis) is 1. The minimum absolute atomic E-state index is 0. The first-order chi connectivity index (χ1) is 8.31. The lowest BCUT2D eigenvalue weighted by molar-refractivity contribution is -0.104. The number of carbonyl (C=O) groups is 1. The Hall–Kier alpha value is -0.980. The molecule has 1 amide bonds. The molecule has 1 saturated heterocycles. The second-order valence-corrected chi connectivity index (χ2v) is 4.58. The maximum Gasteiger partial charge on any atom is 0.408 e. The van der Waals surface area contributed by atoms with Crippen molar-refractivity contribution in [1.82, 2.24) is 5.32 Å². The summed E-state index contributed by atoms with van der Waals surface area (Å²) in [6, 6.07) is 0.587. The van der Waals surface area contributed by atoms with Crippen LogP contribution in [0.3, 0.4) is 0 Å². The molecule has 0 bridgehead atoms. The molecule has 1 fully saturated rings. The summed E-state index contributed by atoms with van der Waals surface area (Å²) in [5.41, 5.74) is -0.255. The van der Waals surface area contributed by atoms with Crippen molar-refractivity contribution in [3.05, 3.63) is 27.7 Å². The molecule has 1 heterocycles. The number of rotatable bonds is 1. The van der Waals surface area contributed by atoms with Crippen LogP contribution < -0.4 is 5.32 Å². The summed E-state index contributed by atoms with van der Waals surface area (Å²) in [6.45, 7) is -1.08. The molecule has 1 aliphatic heterocycles. The number of benzene rings is 1. The van der Waals surface area contributed by atoms with Crippen molar-refractivity contribution in [3.8, 4) is 5.75 Å². The molecule has 0 radical (unpaired) electrons. The quantitative estimate of drug-likeness (QED) is 0.826. The molecule has 0 spiro atoms. The molecular formula is C10H8Cl3F2NO3. The third-order valence-electron chi connectivity index (χ3n) is 2.45. The lowest BCUT2D eigenvalue weighted by Gasteiger charge is -2.32. The van der Waals surface area contributed by atoms with E-state index in [2.05, 4.69) is 4.74 Å². The molecule has 19 heavy (non-hydrogen) atoms. The number of alkyl halides is 2. The van der Waals surface area contributed by atoms with E-state index in [0.29, 0.717) is 0 Å². The van der Waals surface area contributed by atoms with E-state index in [9.17, 15) is 18.7 Å². The number of phenols is 1. The summed E-state index contributed by atoms with van der Waals surface area (Å²) >= 11 is 11.3. The number of amides is 1. The fraction of sp³-hybridized carbons (Fsp3) is 0.300. The van der Waals surface area contributed by atoms with Crippen LogP contribution in [0, 0.1) is 0 Å². The van der Waals surface area contributed by atoms with Crippen molar-refractivity contribution in [2.24, 2.45) is 0 Å². The molecule has 1 aromatic carbocycles. The van der Waals surface area contributed by atoms with Crippen LogP contribution in [0.15, 0.2) is 12.1 Å². The zero-order valence-electron chi connectivity index (χ0n) is 9.12. The number of carbonyl (C=O) groups excluding carboxylic acids is 1. The molecule has 106 valence electrons. The Kier molecular flexibility index (Phi) is 4.71. The smallest absolute Gasteiger partial charge is 0.408 e. The Morgan fingerprint density at radius 2 is 2.05 bits per heavy atom. The van der Waals surface area contributed by atoms with Crippen LogP contribution in [0.5, 0.6) is 5.75 Å². The Labute approximate surface area is 123 Å². The third kappa shape index (κ3) is 3.13. The highest BCUT2D eigenvalue weighted by Gasteiger charge is 2.48. The van der Waals surface area contributed by atoms with E-state index in [1.807, 2.05) is 5.32 Å². The zero-order chi connectivity index (χ0) is 13.5. The first kappa shape index (κ1) is 16.1.